The van der Waals surface area contributed by atoms with Gasteiger partial charge in [0.1, 0.15) is 6.61 Å². The third kappa shape index (κ3) is 11.5. The number of hydrogen-bond acceptors (Lipinski definition) is 4. The van der Waals surface area contributed by atoms with E-state index >= 15 is 0 Å². The van der Waals surface area contributed by atoms with Gasteiger partial charge in [0.2, 0.25) is 0 Å². The van der Waals surface area contributed by atoms with Gasteiger partial charge < -0.3 is 14.8 Å². The first-order valence-corrected chi connectivity index (χ1v) is 5.96. The topological polar surface area (TPSA) is 47.6 Å². The summed E-state index contributed by atoms with van der Waals surface area (Å²) in [7, 11) is 0. The van der Waals surface area contributed by atoms with E-state index in [9.17, 15) is 4.79 Å². The highest BCUT2D eigenvalue weighted by atomic mass is 16.6. The van der Waals surface area contributed by atoms with Gasteiger partial charge >= 0.3 is 5.97 Å². The average Bonchev–Trinajstić information content (AvgIpc) is 2.16. The van der Waals surface area contributed by atoms with Crippen molar-refractivity contribution in [3.63, 3.8) is 0 Å². The maximum Gasteiger partial charge on any atom is 0.320 e. The molecule has 96 valence electrons. The van der Waals surface area contributed by atoms with Gasteiger partial charge in [-0.25, -0.2) is 0 Å². The van der Waals surface area contributed by atoms with Gasteiger partial charge in [-0.05, 0) is 18.4 Å². The Hall–Kier alpha value is -0.610. The summed E-state index contributed by atoms with van der Waals surface area (Å²) in [4.78, 5) is 11.2. The zero-order valence-corrected chi connectivity index (χ0v) is 10.9. The molecular formula is C12H25NO3. The lowest BCUT2D eigenvalue weighted by atomic mass is 10.2. The summed E-state index contributed by atoms with van der Waals surface area (Å²) >= 11 is 0. The Morgan fingerprint density at radius 2 is 1.81 bits per heavy atom. The Labute approximate surface area is 98.7 Å². The number of esters is 1. The highest BCUT2D eigenvalue weighted by Gasteiger charge is 2.02. The van der Waals surface area contributed by atoms with Gasteiger partial charge in [-0.2, -0.15) is 0 Å². The fourth-order valence-electron chi connectivity index (χ4n) is 1.05. The largest absolute Gasteiger partial charge is 0.462 e. The predicted molar refractivity (Wildman–Crippen MR) is 64.3 cm³/mol. The van der Waals surface area contributed by atoms with Crippen molar-refractivity contribution < 1.29 is 14.3 Å². The first-order valence-electron chi connectivity index (χ1n) is 5.96. The molecule has 0 radical (unpaired) electrons. The Morgan fingerprint density at radius 1 is 1.12 bits per heavy atom. The minimum Gasteiger partial charge on any atom is -0.462 e. The molecule has 0 aliphatic carbocycles. The number of nitrogens with one attached hydrogen (secondary N) is 1. The number of carbonyl (C=O) groups excluding carboxylic acids is 1. The normalized spacial score (nSPS) is 11.1. The molecule has 0 rings (SSSR count). The lowest BCUT2D eigenvalue weighted by Crippen LogP contribution is -2.28. The lowest BCUT2D eigenvalue weighted by molar-refractivity contribution is -0.144. The third-order valence-corrected chi connectivity index (χ3v) is 1.76. The van der Waals surface area contributed by atoms with Crippen LogP contribution in [-0.2, 0) is 14.3 Å². The smallest absolute Gasteiger partial charge is 0.320 e. The summed E-state index contributed by atoms with van der Waals surface area (Å²) < 4.78 is 10.3. The van der Waals surface area contributed by atoms with E-state index in [1.165, 1.54) is 0 Å². The van der Waals surface area contributed by atoms with Crippen molar-refractivity contribution >= 4 is 5.97 Å². The Morgan fingerprint density at radius 3 is 2.38 bits per heavy atom. The van der Waals surface area contributed by atoms with Crippen LogP contribution >= 0.6 is 0 Å². The molecule has 0 fully saturated rings. The van der Waals surface area contributed by atoms with Crippen LogP contribution in [0.3, 0.4) is 0 Å². The van der Waals surface area contributed by atoms with Gasteiger partial charge in [-0.1, -0.05) is 27.7 Å². The molecule has 0 aromatic rings. The van der Waals surface area contributed by atoms with Crippen molar-refractivity contribution in [2.45, 2.75) is 27.7 Å². The monoisotopic (exact) mass is 231 g/mol. The fraction of sp³-hybridized carbons (Fsp3) is 0.917. The number of carbonyl (C=O) groups is 1. The van der Waals surface area contributed by atoms with Crippen LogP contribution in [0.15, 0.2) is 0 Å². The molecule has 4 heteroatoms. The number of rotatable bonds is 9. The quantitative estimate of drug-likeness (QED) is 0.482. The summed E-state index contributed by atoms with van der Waals surface area (Å²) in [5.41, 5.74) is 0. The van der Waals surface area contributed by atoms with Crippen molar-refractivity contribution in [1.82, 2.24) is 5.32 Å². The number of hydrogen-bond donors (Lipinski definition) is 1. The molecule has 0 aromatic carbocycles. The van der Waals surface area contributed by atoms with Crippen molar-refractivity contribution in [2.24, 2.45) is 11.8 Å². The van der Waals surface area contributed by atoms with E-state index in [0.29, 0.717) is 31.7 Å². The standard InChI is InChI=1S/C12H25NO3/c1-10(2)7-13-8-12(14)16-6-5-15-9-11(3)4/h10-11,13H,5-9H2,1-4H3. The molecule has 4 nitrogen and oxygen atoms in total. The SMILES string of the molecule is CC(C)CNCC(=O)OCCOCC(C)C. The molecule has 0 aliphatic rings. The minimum absolute atomic E-state index is 0.214. The Bertz CT molecular complexity index is 181. The second kappa shape index (κ2) is 9.60. The van der Waals surface area contributed by atoms with E-state index in [-0.39, 0.29) is 12.5 Å². The van der Waals surface area contributed by atoms with Crippen molar-refractivity contribution in [3.8, 4) is 0 Å². The maximum atomic E-state index is 11.2. The molecule has 0 unspecified atom stereocenters. The molecule has 0 atom stereocenters. The lowest BCUT2D eigenvalue weighted by Gasteiger charge is -2.09. The van der Waals surface area contributed by atoms with Crippen LogP contribution in [-0.4, -0.2) is 38.9 Å². The van der Waals surface area contributed by atoms with Crippen molar-refractivity contribution in [3.05, 3.63) is 0 Å². The van der Waals surface area contributed by atoms with Gasteiger partial charge in [-0.15, -0.1) is 0 Å². The van der Waals surface area contributed by atoms with E-state index in [1.54, 1.807) is 0 Å². The van der Waals surface area contributed by atoms with Crippen molar-refractivity contribution in [1.29, 1.82) is 0 Å². The highest BCUT2D eigenvalue weighted by Crippen LogP contribution is 1.92. The second-order valence-electron chi connectivity index (χ2n) is 4.71. The van der Waals surface area contributed by atoms with Gasteiger partial charge in [0, 0.05) is 6.61 Å². The first kappa shape index (κ1) is 15.4. The van der Waals surface area contributed by atoms with Crippen molar-refractivity contribution in [2.75, 3.05) is 32.9 Å². The summed E-state index contributed by atoms with van der Waals surface area (Å²) in [5.74, 6) is 0.847. The zero-order valence-electron chi connectivity index (χ0n) is 10.9. The molecule has 16 heavy (non-hydrogen) atoms. The molecule has 1 N–H and O–H groups in total. The molecule has 0 saturated carbocycles. The average molecular weight is 231 g/mol. The van der Waals surface area contributed by atoms with Crippen LogP contribution < -0.4 is 5.32 Å². The van der Waals surface area contributed by atoms with E-state index in [2.05, 4.69) is 33.0 Å². The van der Waals surface area contributed by atoms with E-state index in [0.717, 1.165) is 6.54 Å². The predicted octanol–water partition coefficient (Wildman–Crippen LogP) is 1.45. The third-order valence-electron chi connectivity index (χ3n) is 1.76. The number of ether oxygens (including phenoxy) is 2. The molecular weight excluding hydrogens is 206 g/mol. The summed E-state index contributed by atoms with van der Waals surface area (Å²) in [6.45, 7) is 11.0. The van der Waals surface area contributed by atoms with Crippen LogP contribution in [0.5, 0.6) is 0 Å². The van der Waals surface area contributed by atoms with Crippen LogP contribution in [0.2, 0.25) is 0 Å². The van der Waals surface area contributed by atoms with Crippen LogP contribution in [0.4, 0.5) is 0 Å². The van der Waals surface area contributed by atoms with Crippen LogP contribution in [0, 0.1) is 11.8 Å². The Kier molecular flexibility index (Phi) is 9.24. The molecule has 0 heterocycles. The van der Waals surface area contributed by atoms with Crippen LogP contribution in [0.25, 0.3) is 0 Å². The highest BCUT2D eigenvalue weighted by molar-refractivity contribution is 5.71. The molecule has 0 saturated heterocycles. The van der Waals surface area contributed by atoms with E-state index in [1.807, 2.05) is 0 Å². The summed E-state index contributed by atoms with van der Waals surface area (Å²) in [6.07, 6.45) is 0. The van der Waals surface area contributed by atoms with Gasteiger partial charge in [0.05, 0.1) is 13.2 Å². The molecule has 0 bridgehead atoms. The van der Waals surface area contributed by atoms with E-state index < -0.39 is 0 Å². The Balaban J connectivity index is 3.24. The van der Waals surface area contributed by atoms with E-state index in [4.69, 9.17) is 9.47 Å². The molecule has 0 amide bonds. The zero-order chi connectivity index (χ0) is 12.4. The molecule has 0 aliphatic heterocycles. The van der Waals surface area contributed by atoms with Gasteiger partial charge in [0.15, 0.2) is 0 Å². The second-order valence-corrected chi connectivity index (χ2v) is 4.71. The molecule has 0 spiro atoms. The maximum absolute atomic E-state index is 11.2. The van der Waals surface area contributed by atoms with Crippen LogP contribution in [0.1, 0.15) is 27.7 Å². The first-order chi connectivity index (χ1) is 7.52. The van der Waals surface area contributed by atoms with Gasteiger partial charge in [0.25, 0.3) is 0 Å². The fourth-order valence-corrected chi connectivity index (χ4v) is 1.05. The summed E-state index contributed by atoms with van der Waals surface area (Å²) in [5, 5.41) is 3.03. The van der Waals surface area contributed by atoms with Gasteiger partial charge in [-0.3, -0.25) is 4.79 Å². The minimum atomic E-state index is -0.214. The summed E-state index contributed by atoms with van der Waals surface area (Å²) in [6, 6.07) is 0. The molecule has 0 aromatic heterocycles.